The van der Waals surface area contributed by atoms with Crippen LogP contribution in [0.15, 0.2) is 10.7 Å². The monoisotopic (exact) mass is 429 g/mol. The highest BCUT2D eigenvalue weighted by atomic mass is 79.9. The summed E-state index contributed by atoms with van der Waals surface area (Å²) in [6.45, 7) is 9.47. The van der Waals surface area contributed by atoms with Crippen molar-refractivity contribution in [2.45, 2.75) is 58.1 Å². The fourth-order valence-electron chi connectivity index (χ4n) is 1.86. The van der Waals surface area contributed by atoms with Crippen molar-refractivity contribution in [2.75, 3.05) is 6.26 Å². The normalized spacial score (nSPS) is 17.0. The molecular formula is C13H24BrN3O4S2. The molecule has 1 rings (SSSR count). The number of hydrogen-bond donors (Lipinski definition) is 1. The Bertz CT molecular complexity index is 628. The molecule has 0 bridgehead atoms. The van der Waals surface area contributed by atoms with Crippen molar-refractivity contribution in [2.24, 2.45) is 0 Å². The molecule has 0 saturated carbocycles. The predicted molar refractivity (Wildman–Crippen MR) is 94.8 cm³/mol. The summed E-state index contributed by atoms with van der Waals surface area (Å²) in [6.07, 6.45) is 0.455. The average Bonchev–Trinajstić information content (AvgIpc) is 2.66. The minimum absolute atomic E-state index is 0.223. The molecule has 3 atom stereocenters. The van der Waals surface area contributed by atoms with Crippen LogP contribution in [0, 0.1) is 0 Å². The predicted octanol–water partition coefficient (Wildman–Crippen LogP) is 2.12. The molecule has 23 heavy (non-hydrogen) atoms. The molecule has 1 heterocycles. The lowest BCUT2D eigenvalue weighted by Crippen LogP contribution is -2.41. The lowest BCUT2D eigenvalue weighted by Gasteiger charge is -2.26. The van der Waals surface area contributed by atoms with Crippen molar-refractivity contribution in [3.05, 3.63) is 16.4 Å². The van der Waals surface area contributed by atoms with Crippen LogP contribution >= 0.6 is 15.9 Å². The van der Waals surface area contributed by atoms with Crippen molar-refractivity contribution in [3.8, 4) is 0 Å². The quantitative estimate of drug-likeness (QED) is 0.526. The molecule has 1 aromatic rings. The molecule has 0 aromatic carbocycles. The molecule has 134 valence electrons. The van der Waals surface area contributed by atoms with E-state index in [0.29, 0.717) is 4.60 Å². The number of rotatable bonds is 7. The van der Waals surface area contributed by atoms with E-state index in [9.17, 15) is 13.0 Å². The standard InChI is InChI=1S/C13H24BrN3O4S2/c1-9(21-23(6,19)20)8-17-11(7-12(14)15-17)10(2)16-22(18)13(3,4)5/h7,9-10,16H,8H2,1-6H3. The van der Waals surface area contributed by atoms with E-state index in [1.807, 2.05) is 33.8 Å². The molecule has 0 saturated heterocycles. The second kappa shape index (κ2) is 7.83. The lowest BCUT2D eigenvalue weighted by molar-refractivity contribution is 0.201. The maximum absolute atomic E-state index is 12.2. The van der Waals surface area contributed by atoms with Crippen molar-refractivity contribution in [1.82, 2.24) is 14.5 Å². The summed E-state index contributed by atoms with van der Waals surface area (Å²) in [5, 5.41) is 4.29. The maximum Gasteiger partial charge on any atom is 0.264 e. The van der Waals surface area contributed by atoms with E-state index in [4.69, 9.17) is 4.18 Å². The molecule has 10 heteroatoms. The van der Waals surface area contributed by atoms with Crippen LogP contribution in [-0.2, 0) is 32.2 Å². The minimum Gasteiger partial charge on any atom is -0.598 e. The zero-order valence-corrected chi connectivity index (χ0v) is 17.4. The molecule has 1 N–H and O–H groups in total. The van der Waals surface area contributed by atoms with E-state index in [2.05, 4.69) is 25.8 Å². The van der Waals surface area contributed by atoms with Crippen LogP contribution in [0.1, 0.15) is 46.4 Å². The van der Waals surface area contributed by atoms with E-state index in [1.54, 1.807) is 11.6 Å². The maximum atomic E-state index is 12.2. The number of nitrogens with zero attached hydrogens (tertiary/aromatic N) is 2. The summed E-state index contributed by atoms with van der Waals surface area (Å²) >= 11 is 2.08. The molecule has 0 aliphatic heterocycles. The first-order valence-corrected chi connectivity index (χ1v) is 10.8. The van der Waals surface area contributed by atoms with E-state index >= 15 is 0 Å². The second-order valence-corrected chi connectivity index (χ2v) is 10.8. The van der Waals surface area contributed by atoms with Crippen molar-refractivity contribution in [3.63, 3.8) is 0 Å². The Hall–Kier alpha value is -0.130. The van der Waals surface area contributed by atoms with Crippen molar-refractivity contribution >= 4 is 37.4 Å². The van der Waals surface area contributed by atoms with Crippen LogP contribution in [-0.4, -0.2) is 39.9 Å². The first-order chi connectivity index (χ1) is 10.3. The molecule has 0 aliphatic rings. The van der Waals surface area contributed by atoms with Gasteiger partial charge in [0.25, 0.3) is 10.1 Å². The highest BCUT2D eigenvalue weighted by molar-refractivity contribution is 9.10. The fourth-order valence-corrected chi connectivity index (χ4v) is 3.74. The van der Waals surface area contributed by atoms with Gasteiger partial charge in [-0.15, -0.1) is 4.72 Å². The minimum atomic E-state index is -3.53. The molecule has 7 nitrogen and oxygen atoms in total. The van der Waals surface area contributed by atoms with Gasteiger partial charge in [-0.05, 0) is 56.6 Å². The van der Waals surface area contributed by atoms with Crippen LogP contribution in [0.25, 0.3) is 0 Å². The Morgan fingerprint density at radius 1 is 1.48 bits per heavy atom. The molecule has 0 fully saturated rings. The summed E-state index contributed by atoms with van der Waals surface area (Å²) in [5.41, 5.74) is 0.790. The van der Waals surface area contributed by atoms with Crippen LogP contribution in [0.4, 0.5) is 0 Å². The number of nitrogens with one attached hydrogen (secondary N) is 1. The summed E-state index contributed by atoms with van der Waals surface area (Å²) in [6, 6.07) is 1.59. The average molecular weight is 430 g/mol. The van der Waals surface area contributed by atoms with Gasteiger partial charge in [0.05, 0.1) is 30.6 Å². The lowest BCUT2D eigenvalue weighted by atomic mass is 10.2. The summed E-state index contributed by atoms with van der Waals surface area (Å²) in [7, 11) is -3.53. The smallest absolute Gasteiger partial charge is 0.264 e. The summed E-state index contributed by atoms with van der Waals surface area (Å²) in [4.78, 5) is 0. The molecule has 3 unspecified atom stereocenters. The zero-order chi connectivity index (χ0) is 18.0. The largest absolute Gasteiger partial charge is 0.598 e. The first-order valence-electron chi connectivity index (χ1n) is 7.09. The highest BCUT2D eigenvalue weighted by Gasteiger charge is 2.29. The fraction of sp³-hybridized carbons (Fsp3) is 0.769. The Labute approximate surface area is 149 Å². The van der Waals surface area contributed by atoms with Gasteiger partial charge in [0.15, 0.2) is 0 Å². The van der Waals surface area contributed by atoms with Gasteiger partial charge in [0.2, 0.25) is 0 Å². The van der Waals surface area contributed by atoms with Gasteiger partial charge in [0.1, 0.15) is 9.35 Å². The van der Waals surface area contributed by atoms with Gasteiger partial charge >= 0.3 is 0 Å². The van der Waals surface area contributed by atoms with Crippen LogP contribution in [0.2, 0.25) is 0 Å². The highest BCUT2D eigenvalue weighted by Crippen LogP contribution is 2.22. The van der Waals surface area contributed by atoms with E-state index in [0.717, 1.165) is 11.9 Å². The van der Waals surface area contributed by atoms with E-state index < -0.39 is 27.6 Å². The second-order valence-electron chi connectivity index (χ2n) is 6.41. The topological polar surface area (TPSA) is 96.3 Å². The molecule has 1 aromatic heterocycles. The summed E-state index contributed by atoms with van der Waals surface area (Å²) in [5.74, 6) is 0. The Balaban J connectivity index is 2.88. The number of halogens is 1. The first kappa shape index (κ1) is 20.9. The van der Waals surface area contributed by atoms with E-state index in [1.165, 1.54) is 0 Å². The third-order valence-corrected chi connectivity index (χ3v) is 5.58. The van der Waals surface area contributed by atoms with Gasteiger partial charge in [-0.2, -0.15) is 13.5 Å². The van der Waals surface area contributed by atoms with Gasteiger partial charge < -0.3 is 4.55 Å². The summed E-state index contributed by atoms with van der Waals surface area (Å²) < 4.78 is 44.5. The zero-order valence-electron chi connectivity index (χ0n) is 14.2. The molecule has 0 aliphatic carbocycles. The number of aromatic nitrogens is 2. The molecule has 0 amide bonds. The van der Waals surface area contributed by atoms with Gasteiger partial charge in [0, 0.05) is 11.4 Å². The van der Waals surface area contributed by atoms with Crippen LogP contribution in [0.3, 0.4) is 0 Å². The Morgan fingerprint density at radius 2 is 2.04 bits per heavy atom. The van der Waals surface area contributed by atoms with Crippen molar-refractivity contribution < 1.29 is 17.2 Å². The molecular weight excluding hydrogens is 406 g/mol. The third kappa shape index (κ3) is 7.10. The van der Waals surface area contributed by atoms with Crippen molar-refractivity contribution in [1.29, 1.82) is 0 Å². The Kier molecular flexibility index (Phi) is 7.12. The SMILES string of the molecule is CC(Cn1nc(Br)cc1C(C)N[S+]([O-])C(C)(C)C)OS(C)(=O)=O. The molecule has 0 radical (unpaired) electrons. The Morgan fingerprint density at radius 3 is 2.52 bits per heavy atom. The van der Waals surface area contributed by atoms with Gasteiger partial charge in [-0.25, -0.2) is 0 Å². The number of hydrogen-bond acceptors (Lipinski definition) is 6. The third-order valence-electron chi connectivity index (χ3n) is 2.83. The van der Waals surface area contributed by atoms with Crippen LogP contribution < -0.4 is 4.72 Å². The van der Waals surface area contributed by atoms with Gasteiger partial charge in [-0.3, -0.25) is 8.86 Å². The van der Waals surface area contributed by atoms with E-state index in [-0.39, 0.29) is 17.3 Å². The van der Waals surface area contributed by atoms with Crippen LogP contribution in [0.5, 0.6) is 0 Å². The molecule has 0 spiro atoms. The van der Waals surface area contributed by atoms with Gasteiger partial charge in [-0.1, -0.05) is 0 Å².